The van der Waals surface area contributed by atoms with Gasteiger partial charge >= 0.3 is 0 Å². The van der Waals surface area contributed by atoms with Gasteiger partial charge in [0.05, 0.1) is 0 Å². The van der Waals surface area contributed by atoms with Crippen molar-refractivity contribution >= 4 is 28.2 Å². The lowest BCUT2D eigenvalue weighted by molar-refractivity contribution is 1.55. The van der Waals surface area contributed by atoms with Crippen LogP contribution in [0, 0.1) is 3.57 Å². The van der Waals surface area contributed by atoms with Crippen LogP contribution in [0.4, 0.5) is 0 Å². The SMILES string of the molecule is C=C(C)c1ccc(I)cc1. The molecule has 0 N–H and O–H groups in total. The van der Waals surface area contributed by atoms with Crippen molar-refractivity contribution in [1.29, 1.82) is 0 Å². The third kappa shape index (κ3) is 1.84. The zero-order valence-electron chi connectivity index (χ0n) is 5.89. The van der Waals surface area contributed by atoms with Crippen LogP contribution in [-0.2, 0) is 0 Å². The molecule has 0 amide bonds. The molecule has 52 valence electrons. The van der Waals surface area contributed by atoms with E-state index in [9.17, 15) is 0 Å². The Bertz CT molecular complexity index is 233. The van der Waals surface area contributed by atoms with Crippen molar-refractivity contribution in [3.63, 3.8) is 0 Å². The molecule has 0 bridgehead atoms. The number of allylic oxidation sites excluding steroid dienone is 1. The molecule has 0 aliphatic heterocycles. The molecule has 1 heteroatoms. The molecule has 1 aromatic rings. The molecule has 0 spiro atoms. The summed E-state index contributed by atoms with van der Waals surface area (Å²) in [5.74, 6) is 0. The van der Waals surface area contributed by atoms with Crippen LogP contribution in [0.1, 0.15) is 12.5 Å². The largest absolute Gasteiger partial charge is 0.0955 e. The van der Waals surface area contributed by atoms with Gasteiger partial charge in [0.15, 0.2) is 0 Å². The number of hydrogen-bond donors (Lipinski definition) is 0. The van der Waals surface area contributed by atoms with E-state index in [0.717, 1.165) is 5.57 Å². The minimum atomic E-state index is 1.12. The molecule has 0 fully saturated rings. The molecule has 0 radical (unpaired) electrons. The average molecular weight is 244 g/mol. The van der Waals surface area contributed by atoms with Gasteiger partial charge in [-0.05, 0) is 47.2 Å². The van der Waals surface area contributed by atoms with Gasteiger partial charge < -0.3 is 0 Å². The molecule has 0 unspecified atom stereocenters. The second-order valence-electron chi connectivity index (χ2n) is 2.29. The van der Waals surface area contributed by atoms with Crippen molar-refractivity contribution in [2.45, 2.75) is 6.92 Å². The van der Waals surface area contributed by atoms with Gasteiger partial charge in [0, 0.05) is 3.57 Å². The van der Waals surface area contributed by atoms with Gasteiger partial charge in [-0.25, -0.2) is 0 Å². The van der Waals surface area contributed by atoms with Gasteiger partial charge in [0.25, 0.3) is 0 Å². The molecule has 0 aliphatic carbocycles. The van der Waals surface area contributed by atoms with Crippen LogP contribution < -0.4 is 0 Å². The van der Waals surface area contributed by atoms with E-state index >= 15 is 0 Å². The molecule has 0 atom stereocenters. The van der Waals surface area contributed by atoms with Crippen LogP contribution in [0.15, 0.2) is 30.8 Å². The monoisotopic (exact) mass is 244 g/mol. The summed E-state index contributed by atoms with van der Waals surface area (Å²) in [7, 11) is 0. The zero-order valence-corrected chi connectivity index (χ0v) is 8.05. The van der Waals surface area contributed by atoms with Crippen LogP contribution in [0.5, 0.6) is 0 Å². The Labute approximate surface area is 75.1 Å². The summed E-state index contributed by atoms with van der Waals surface area (Å²) in [6, 6.07) is 8.35. The fourth-order valence-electron chi connectivity index (χ4n) is 0.734. The summed E-state index contributed by atoms with van der Waals surface area (Å²) >= 11 is 2.29. The molecule has 0 aliphatic rings. The van der Waals surface area contributed by atoms with Gasteiger partial charge in [0.2, 0.25) is 0 Å². The predicted octanol–water partition coefficient (Wildman–Crippen LogP) is 3.32. The Balaban J connectivity index is 3.00. The molecular formula is C9H9I. The van der Waals surface area contributed by atoms with Crippen molar-refractivity contribution in [3.05, 3.63) is 40.0 Å². The van der Waals surface area contributed by atoms with Gasteiger partial charge in [-0.3, -0.25) is 0 Å². The Morgan fingerprint density at radius 2 is 1.80 bits per heavy atom. The van der Waals surface area contributed by atoms with Crippen molar-refractivity contribution in [2.24, 2.45) is 0 Å². The third-order valence-electron chi connectivity index (χ3n) is 1.34. The second kappa shape index (κ2) is 3.19. The van der Waals surface area contributed by atoms with Crippen LogP contribution in [0.3, 0.4) is 0 Å². The highest BCUT2D eigenvalue weighted by Gasteiger charge is 1.90. The van der Waals surface area contributed by atoms with E-state index in [1.165, 1.54) is 9.13 Å². The third-order valence-corrected chi connectivity index (χ3v) is 2.06. The Hall–Kier alpha value is -0.310. The van der Waals surface area contributed by atoms with Crippen LogP contribution in [0.25, 0.3) is 5.57 Å². The van der Waals surface area contributed by atoms with E-state index in [1.54, 1.807) is 0 Å². The first kappa shape index (κ1) is 7.79. The van der Waals surface area contributed by atoms with Crippen LogP contribution >= 0.6 is 22.6 Å². The summed E-state index contributed by atoms with van der Waals surface area (Å²) in [5, 5.41) is 0. The molecule has 10 heavy (non-hydrogen) atoms. The molecule has 0 heterocycles. The van der Waals surface area contributed by atoms with Crippen molar-refractivity contribution < 1.29 is 0 Å². The molecule has 1 rings (SSSR count). The molecule has 0 saturated heterocycles. The Morgan fingerprint density at radius 1 is 1.30 bits per heavy atom. The topological polar surface area (TPSA) is 0 Å². The number of halogens is 1. The van der Waals surface area contributed by atoms with E-state index < -0.39 is 0 Å². The standard InChI is InChI=1S/C9H9I/c1-7(2)8-3-5-9(10)6-4-8/h3-6H,1H2,2H3. The normalized spacial score (nSPS) is 9.40. The molecule has 0 saturated carbocycles. The smallest absolute Gasteiger partial charge is 0.0130 e. The molecule has 0 aromatic heterocycles. The number of benzene rings is 1. The first-order chi connectivity index (χ1) is 4.70. The van der Waals surface area contributed by atoms with E-state index in [0.29, 0.717) is 0 Å². The van der Waals surface area contributed by atoms with Gasteiger partial charge in [-0.15, -0.1) is 0 Å². The summed E-state index contributed by atoms with van der Waals surface area (Å²) in [4.78, 5) is 0. The minimum Gasteiger partial charge on any atom is -0.0955 e. The summed E-state index contributed by atoms with van der Waals surface area (Å²) in [5.41, 5.74) is 2.34. The highest BCUT2D eigenvalue weighted by molar-refractivity contribution is 14.1. The second-order valence-corrected chi connectivity index (χ2v) is 3.53. The van der Waals surface area contributed by atoms with E-state index in [4.69, 9.17) is 0 Å². The van der Waals surface area contributed by atoms with Crippen molar-refractivity contribution in [3.8, 4) is 0 Å². The lowest BCUT2D eigenvalue weighted by atomic mass is 10.1. The van der Waals surface area contributed by atoms with Gasteiger partial charge in [-0.2, -0.15) is 0 Å². The fraction of sp³-hybridized carbons (Fsp3) is 0.111. The maximum atomic E-state index is 3.85. The predicted molar refractivity (Wildman–Crippen MR) is 53.9 cm³/mol. The van der Waals surface area contributed by atoms with E-state index in [1.807, 2.05) is 6.92 Å². The number of hydrogen-bond acceptors (Lipinski definition) is 0. The summed E-state index contributed by atoms with van der Waals surface area (Å²) in [6.45, 7) is 5.87. The first-order valence-electron chi connectivity index (χ1n) is 3.11. The maximum Gasteiger partial charge on any atom is 0.0130 e. The molecule has 1 aromatic carbocycles. The summed E-state index contributed by atoms with van der Waals surface area (Å²) in [6.07, 6.45) is 0. The molecule has 0 nitrogen and oxygen atoms in total. The van der Waals surface area contributed by atoms with Crippen LogP contribution in [-0.4, -0.2) is 0 Å². The lowest BCUT2D eigenvalue weighted by Crippen LogP contribution is -1.76. The van der Waals surface area contributed by atoms with Crippen LogP contribution in [0.2, 0.25) is 0 Å². The minimum absolute atomic E-state index is 1.12. The lowest BCUT2D eigenvalue weighted by Gasteiger charge is -1.97. The van der Waals surface area contributed by atoms with E-state index in [2.05, 4.69) is 53.4 Å². The Kier molecular flexibility index (Phi) is 2.49. The summed E-state index contributed by atoms with van der Waals surface area (Å²) < 4.78 is 1.27. The fourth-order valence-corrected chi connectivity index (χ4v) is 1.09. The molecular weight excluding hydrogens is 235 g/mol. The maximum absolute atomic E-state index is 3.85. The average Bonchev–Trinajstić information content (AvgIpc) is 1.88. The highest BCUT2D eigenvalue weighted by Crippen LogP contribution is 2.12. The van der Waals surface area contributed by atoms with E-state index in [-0.39, 0.29) is 0 Å². The zero-order chi connectivity index (χ0) is 7.56. The van der Waals surface area contributed by atoms with Crippen molar-refractivity contribution in [1.82, 2.24) is 0 Å². The van der Waals surface area contributed by atoms with Gasteiger partial charge in [-0.1, -0.05) is 24.3 Å². The number of rotatable bonds is 1. The van der Waals surface area contributed by atoms with Crippen molar-refractivity contribution in [2.75, 3.05) is 0 Å². The Morgan fingerprint density at radius 3 is 2.20 bits per heavy atom. The quantitative estimate of drug-likeness (QED) is 0.664. The highest BCUT2D eigenvalue weighted by atomic mass is 127. The first-order valence-corrected chi connectivity index (χ1v) is 4.19. The van der Waals surface area contributed by atoms with Gasteiger partial charge in [0.1, 0.15) is 0 Å².